The molecule has 0 bridgehead atoms. The molecule has 0 spiro atoms. The van der Waals surface area contributed by atoms with Gasteiger partial charge in [-0.15, -0.1) is 0 Å². The monoisotopic (exact) mass is 392 g/mol. The number of amides is 1. The van der Waals surface area contributed by atoms with Gasteiger partial charge in [0, 0.05) is 23.7 Å². The van der Waals surface area contributed by atoms with E-state index in [2.05, 4.69) is 20.6 Å². The molecule has 29 heavy (non-hydrogen) atoms. The van der Waals surface area contributed by atoms with E-state index in [1.807, 2.05) is 44.2 Å². The van der Waals surface area contributed by atoms with E-state index in [0.717, 1.165) is 5.56 Å². The number of carbonyl (C=O) groups is 1. The van der Waals surface area contributed by atoms with Crippen LogP contribution in [-0.2, 0) is 0 Å². The number of ether oxygens (including phenoxy) is 2. The van der Waals surface area contributed by atoms with Gasteiger partial charge < -0.3 is 20.1 Å². The van der Waals surface area contributed by atoms with Crippen LogP contribution in [0, 0.1) is 0 Å². The van der Waals surface area contributed by atoms with Crippen LogP contribution in [-0.4, -0.2) is 36.1 Å². The molecule has 7 heteroatoms. The second-order valence-electron chi connectivity index (χ2n) is 6.65. The number of nitrogens with one attached hydrogen (secondary N) is 2. The van der Waals surface area contributed by atoms with Crippen molar-refractivity contribution < 1.29 is 14.3 Å². The lowest BCUT2D eigenvalue weighted by Crippen LogP contribution is -2.31. The summed E-state index contributed by atoms with van der Waals surface area (Å²) in [5.41, 5.74) is 1.75. The highest BCUT2D eigenvalue weighted by molar-refractivity contribution is 5.93. The number of nitrogens with zero attached hydrogens (tertiary/aromatic N) is 2. The third-order valence-electron chi connectivity index (χ3n) is 4.08. The summed E-state index contributed by atoms with van der Waals surface area (Å²) in [6.07, 6.45) is 0. The van der Waals surface area contributed by atoms with Gasteiger partial charge in [-0.2, -0.15) is 0 Å². The van der Waals surface area contributed by atoms with Gasteiger partial charge in [-0.05, 0) is 26.0 Å². The van der Waals surface area contributed by atoms with Crippen molar-refractivity contribution in [3.8, 4) is 22.9 Å². The number of benzene rings is 2. The quantitative estimate of drug-likeness (QED) is 0.631. The van der Waals surface area contributed by atoms with Crippen molar-refractivity contribution in [3.05, 3.63) is 60.3 Å². The molecule has 0 unspecified atom stereocenters. The average Bonchev–Trinajstić information content (AvgIpc) is 2.73. The Morgan fingerprint density at radius 3 is 2.38 bits per heavy atom. The molecule has 3 rings (SSSR count). The van der Waals surface area contributed by atoms with Crippen LogP contribution >= 0.6 is 0 Å². The van der Waals surface area contributed by atoms with E-state index in [1.165, 1.54) is 0 Å². The second kappa shape index (κ2) is 9.05. The Hall–Kier alpha value is -3.61. The third-order valence-corrected chi connectivity index (χ3v) is 4.08. The van der Waals surface area contributed by atoms with Crippen LogP contribution in [0.25, 0.3) is 11.4 Å². The summed E-state index contributed by atoms with van der Waals surface area (Å²) in [5.74, 6) is 1.95. The van der Waals surface area contributed by atoms with E-state index in [0.29, 0.717) is 28.8 Å². The Balaban J connectivity index is 2.05. The van der Waals surface area contributed by atoms with Crippen LogP contribution in [0.4, 0.5) is 11.5 Å². The summed E-state index contributed by atoms with van der Waals surface area (Å²) in [5, 5.41) is 6.09. The fourth-order valence-corrected chi connectivity index (χ4v) is 2.73. The van der Waals surface area contributed by atoms with Gasteiger partial charge in [0.05, 0.1) is 19.9 Å². The Labute approximate surface area is 170 Å². The highest BCUT2D eigenvalue weighted by atomic mass is 16.5. The Kier molecular flexibility index (Phi) is 6.29. The van der Waals surface area contributed by atoms with Gasteiger partial charge in [0.1, 0.15) is 23.0 Å². The molecule has 0 radical (unpaired) electrons. The number of carbonyl (C=O) groups excluding carboxylic acids is 1. The van der Waals surface area contributed by atoms with Gasteiger partial charge >= 0.3 is 0 Å². The van der Waals surface area contributed by atoms with Crippen LogP contribution in [0.15, 0.2) is 54.6 Å². The lowest BCUT2D eigenvalue weighted by molar-refractivity contribution is 0.0938. The van der Waals surface area contributed by atoms with E-state index < -0.39 is 0 Å². The standard InChI is InChI=1S/C22H24N4O3/c1-14(2)23-22(27)18-13-20(26-21(25-18)15-8-6-5-7-9-15)24-17-12-16(28-3)10-11-19(17)29-4/h5-14H,1-4H3,(H,23,27)(H,24,25,26). The Morgan fingerprint density at radius 1 is 0.966 bits per heavy atom. The van der Waals surface area contributed by atoms with Gasteiger partial charge in [0.2, 0.25) is 0 Å². The molecule has 2 N–H and O–H groups in total. The molecule has 2 aromatic carbocycles. The van der Waals surface area contributed by atoms with E-state index in [9.17, 15) is 4.79 Å². The molecule has 0 atom stereocenters. The molecule has 0 saturated carbocycles. The summed E-state index contributed by atoms with van der Waals surface area (Å²) < 4.78 is 10.7. The number of hydrogen-bond acceptors (Lipinski definition) is 6. The predicted octanol–water partition coefficient (Wildman–Crippen LogP) is 4.04. The lowest BCUT2D eigenvalue weighted by Gasteiger charge is -2.14. The minimum atomic E-state index is -0.264. The maximum atomic E-state index is 12.6. The van der Waals surface area contributed by atoms with Crippen molar-refractivity contribution >= 4 is 17.4 Å². The van der Waals surface area contributed by atoms with Gasteiger partial charge in [0.15, 0.2) is 5.82 Å². The first-order valence-electron chi connectivity index (χ1n) is 9.24. The van der Waals surface area contributed by atoms with Crippen molar-refractivity contribution in [3.63, 3.8) is 0 Å². The van der Waals surface area contributed by atoms with Crippen molar-refractivity contribution in [1.82, 2.24) is 15.3 Å². The third kappa shape index (κ3) is 5.01. The van der Waals surface area contributed by atoms with E-state index in [4.69, 9.17) is 9.47 Å². The highest BCUT2D eigenvalue weighted by Crippen LogP contribution is 2.31. The maximum absolute atomic E-state index is 12.6. The van der Waals surface area contributed by atoms with Gasteiger partial charge in [-0.1, -0.05) is 30.3 Å². The van der Waals surface area contributed by atoms with E-state index in [1.54, 1.807) is 38.5 Å². The molecule has 0 aliphatic carbocycles. The van der Waals surface area contributed by atoms with Crippen LogP contribution < -0.4 is 20.1 Å². The molecule has 1 heterocycles. The number of aromatic nitrogens is 2. The van der Waals surface area contributed by atoms with Gasteiger partial charge in [-0.25, -0.2) is 9.97 Å². The zero-order valence-electron chi connectivity index (χ0n) is 16.9. The molecule has 150 valence electrons. The zero-order chi connectivity index (χ0) is 20.8. The Bertz CT molecular complexity index is 991. The normalized spacial score (nSPS) is 10.5. The molecular weight excluding hydrogens is 368 g/mol. The first-order chi connectivity index (χ1) is 14.0. The summed E-state index contributed by atoms with van der Waals surface area (Å²) >= 11 is 0. The number of hydrogen-bond donors (Lipinski definition) is 2. The highest BCUT2D eigenvalue weighted by Gasteiger charge is 2.15. The van der Waals surface area contributed by atoms with Crippen LogP contribution in [0.1, 0.15) is 24.3 Å². The molecule has 0 aliphatic heterocycles. The Morgan fingerprint density at radius 2 is 1.72 bits per heavy atom. The summed E-state index contributed by atoms with van der Waals surface area (Å²) in [4.78, 5) is 21.6. The van der Waals surface area contributed by atoms with Crippen molar-refractivity contribution in [2.75, 3.05) is 19.5 Å². The van der Waals surface area contributed by atoms with Crippen LogP contribution in [0.2, 0.25) is 0 Å². The number of anilines is 2. The fraction of sp³-hybridized carbons (Fsp3) is 0.227. The lowest BCUT2D eigenvalue weighted by atomic mass is 10.2. The van der Waals surface area contributed by atoms with Gasteiger partial charge in [0.25, 0.3) is 5.91 Å². The zero-order valence-corrected chi connectivity index (χ0v) is 16.9. The fourth-order valence-electron chi connectivity index (χ4n) is 2.73. The molecular formula is C22H24N4O3. The second-order valence-corrected chi connectivity index (χ2v) is 6.65. The topological polar surface area (TPSA) is 85.4 Å². The molecule has 0 fully saturated rings. The summed E-state index contributed by atoms with van der Waals surface area (Å²) in [7, 11) is 3.18. The van der Waals surface area contributed by atoms with Gasteiger partial charge in [-0.3, -0.25) is 4.79 Å². The predicted molar refractivity (Wildman–Crippen MR) is 113 cm³/mol. The summed E-state index contributed by atoms with van der Waals surface area (Å²) in [6.45, 7) is 3.80. The minimum Gasteiger partial charge on any atom is -0.497 e. The number of methoxy groups -OCH3 is 2. The first-order valence-corrected chi connectivity index (χ1v) is 9.24. The first kappa shape index (κ1) is 20.1. The van der Waals surface area contributed by atoms with E-state index >= 15 is 0 Å². The van der Waals surface area contributed by atoms with Crippen molar-refractivity contribution in [2.45, 2.75) is 19.9 Å². The van der Waals surface area contributed by atoms with Crippen LogP contribution in [0.5, 0.6) is 11.5 Å². The largest absolute Gasteiger partial charge is 0.497 e. The molecule has 1 aromatic heterocycles. The maximum Gasteiger partial charge on any atom is 0.270 e. The average molecular weight is 392 g/mol. The molecule has 7 nitrogen and oxygen atoms in total. The minimum absolute atomic E-state index is 0.00692. The summed E-state index contributed by atoms with van der Waals surface area (Å²) in [6, 6.07) is 16.5. The molecule has 0 aliphatic rings. The van der Waals surface area contributed by atoms with E-state index in [-0.39, 0.29) is 17.6 Å². The smallest absolute Gasteiger partial charge is 0.270 e. The van der Waals surface area contributed by atoms with Crippen LogP contribution in [0.3, 0.4) is 0 Å². The molecule has 1 amide bonds. The molecule has 0 saturated heterocycles. The molecule has 3 aromatic rings. The number of rotatable bonds is 7. The van der Waals surface area contributed by atoms with Crippen molar-refractivity contribution in [1.29, 1.82) is 0 Å². The van der Waals surface area contributed by atoms with Crippen molar-refractivity contribution in [2.24, 2.45) is 0 Å². The SMILES string of the molecule is COc1ccc(OC)c(Nc2cc(C(=O)NC(C)C)nc(-c3ccccc3)n2)c1.